The minimum absolute atomic E-state index is 0.750. The van der Waals surface area contributed by atoms with Crippen LogP contribution in [0.25, 0.3) is 66.8 Å². The summed E-state index contributed by atoms with van der Waals surface area (Å²) in [6.07, 6.45) is 1.50. The van der Waals surface area contributed by atoms with Gasteiger partial charge in [0.05, 0.1) is 0 Å². The van der Waals surface area contributed by atoms with Crippen LogP contribution in [0.15, 0.2) is 146 Å². The van der Waals surface area contributed by atoms with Crippen molar-refractivity contribution in [3.05, 3.63) is 146 Å². The van der Waals surface area contributed by atoms with Crippen LogP contribution in [0.4, 0.5) is 0 Å². The van der Waals surface area contributed by atoms with E-state index in [9.17, 15) is 0 Å². The van der Waals surface area contributed by atoms with Crippen LogP contribution in [0.2, 0.25) is 0 Å². The first-order valence-corrected chi connectivity index (χ1v) is 13.4. The van der Waals surface area contributed by atoms with Crippen LogP contribution < -0.4 is 0 Å². The first kappa shape index (κ1) is 27.6. The molecule has 0 radical (unpaired) electrons. The molecule has 0 atom stereocenters. The number of isocyanates is 2. The van der Waals surface area contributed by atoms with E-state index in [2.05, 4.69) is 146 Å². The fraction of sp³-hybridized carbons (Fsp3) is 0. The predicted octanol–water partition coefficient (Wildman–Crippen LogP) is 9.80. The van der Waals surface area contributed by atoms with Crippen LogP contribution in [-0.2, 0) is 9.59 Å². The number of hydrogen-bond donors (Lipinski definition) is 2. The average molecular weight is 543 g/mol. The van der Waals surface area contributed by atoms with Gasteiger partial charge >= 0.3 is 0 Å². The average Bonchev–Trinajstić information content (AvgIpc) is 3.05. The second kappa shape index (κ2) is 13.0. The van der Waals surface area contributed by atoms with Crippen LogP contribution in [-0.4, -0.2) is 12.2 Å². The molecule has 0 bridgehead atoms. The highest BCUT2D eigenvalue weighted by atomic mass is 16.1. The van der Waals surface area contributed by atoms with Gasteiger partial charge in [-0.05, 0) is 66.8 Å². The highest BCUT2D eigenvalue weighted by Crippen LogP contribution is 2.47. The van der Waals surface area contributed by atoms with E-state index in [1.807, 2.05) is 0 Å². The molecule has 2 N–H and O–H groups in total. The quantitative estimate of drug-likeness (QED) is 0.148. The van der Waals surface area contributed by atoms with Crippen LogP contribution >= 0.6 is 0 Å². The Hall–Kier alpha value is -5.92. The van der Waals surface area contributed by atoms with Gasteiger partial charge in [-0.1, -0.05) is 146 Å². The zero-order valence-electron chi connectivity index (χ0n) is 22.7. The van der Waals surface area contributed by atoms with Crippen LogP contribution in [0.5, 0.6) is 0 Å². The second-order valence-electron chi connectivity index (χ2n) is 9.48. The minimum Gasteiger partial charge on any atom is -0.222 e. The molecule has 0 aromatic heterocycles. The molecular formula is C38H26N2O2. The molecule has 1 aliphatic carbocycles. The molecule has 0 fully saturated rings. The molecule has 0 saturated heterocycles. The van der Waals surface area contributed by atoms with Gasteiger partial charge in [0.15, 0.2) is 0 Å². The first-order valence-electron chi connectivity index (χ1n) is 13.4. The summed E-state index contributed by atoms with van der Waals surface area (Å²) in [7, 11) is 0. The Bertz CT molecular complexity index is 1430. The Morgan fingerprint density at radius 1 is 0.262 bits per heavy atom. The molecular weight excluding hydrogens is 516 g/mol. The van der Waals surface area contributed by atoms with Crippen LogP contribution in [0.3, 0.4) is 0 Å². The number of nitrogens with one attached hydrogen (secondary N) is 2. The Morgan fingerprint density at radius 3 is 0.405 bits per heavy atom. The van der Waals surface area contributed by atoms with Gasteiger partial charge in [-0.2, -0.15) is 0 Å². The smallest absolute Gasteiger partial charge is 0.222 e. The van der Waals surface area contributed by atoms with E-state index in [4.69, 9.17) is 20.4 Å². The zero-order chi connectivity index (χ0) is 29.3. The molecule has 6 aromatic rings. The number of benzene rings is 6. The molecule has 200 valence electrons. The zero-order valence-corrected chi connectivity index (χ0v) is 22.7. The summed E-state index contributed by atoms with van der Waals surface area (Å²) in [6.45, 7) is 0. The molecule has 4 heteroatoms. The van der Waals surface area contributed by atoms with Gasteiger partial charge < -0.3 is 0 Å². The van der Waals surface area contributed by atoms with Gasteiger partial charge in [-0.15, -0.1) is 0 Å². The van der Waals surface area contributed by atoms with Crippen molar-refractivity contribution in [1.29, 1.82) is 10.8 Å². The van der Waals surface area contributed by atoms with Gasteiger partial charge in [-0.25, -0.2) is 20.4 Å². The molecule has 0 amide bonds. The van der Waals surface area contributed by atoms with Crippen molar-refractivity contribution in [1.82, 2.24) is 0 Å². The van der Waals surface area contributed by atoms with Gasteiger partial charge in [0.2, 0.25) is 12.2 Å². The lowest BCUT2D eigenvalue weighted by Crippen LogP contribution is -1.96. The first-order chi connectivity index (χ1) is 20.7. The number of hydrogen-bond acceptors (Lipinski definition) is 4. The third kappa shape index (κ3) is 5.28. The van der Waals surface area contributed by atoms with Crippen molar-refractivity contribution in [2.45, 2.75) is 0 Å². The van der Waals surface area contributed by atoms with Crippen LogP contribution in [0.1, 0.15) is 0 Å². The summed E-state index contributed by atoms with van der Waals surface area (Å²) < 4.78 is 0. The second-order valence-corrected chi connectivity index (χ2v) is 9.48. The maximum atomic E-state index is 8.35. The van der Waals surface area contributed by atoms with E-state index in [1.54, 1.807) is 0 Å². The largest absolute Gasteiger partial charge is 0.231 e. The highest BCUT2D eigenvalue weighted by molar-refractivity contribution is 6.03. The van der Waals surface area contributed by atoms with Crippen molar-refractivity contribution in [3.63, 3.8) is 0 Å². The summed E-state index contributed by atoms with van der Waals surface area (Å²) in [6, 6.07) is 53.0. The number of carbonyl (C=O) groups excluding carboxylic acids is 2. The Kier molecular flexibility index (Phi) is 8.53. The van der Waals surface area contributed by atoms with Crippen LogP contribution in [0, 0.1) is 10.8 Å². The molecule has 0 unspecified atom stereocenters. The summed E-state index contributed by atoms with van der Waals surface area (Å²) in [5.41, 5.74) is 15.0. The molecule has 0 saturated carbocycles. The third-order valence-electron chi connectivity index (χ3n) is 7.30. The Morgan fingerprint density at radius 2 is 0.333 bits per heavy atom. The molecule has 7 rings (SSSR count). The van der Waals surface area contributed by atoms with Crippen molar-refractivity contribution in [2.24, 2.45) is 0 Å². The lowest BCUT2D eigenvalue weighted by Gasteiger charge is -2.22. The molecule has 4 nitrogen and oxygen atoms in total. The predicted molar refractivity (Wildman–Crippen MR) is 169 cm³/mol. The fourth-order valence-electron chi connectivity index (χ4n) is 5.72. The van der Waals surface area contributed by atoms with E-state index >= 15 is 0 Å². The monoisotopic (exact) mass is 542 g/mol. The van der Waals surface area contributed by atoms with Gasteiger partial charge in [-0.3, -0.25) is 0 Å². The van der Waals surface area contributed by atoms with Crippen molar-refractivity contribution in [3.8, 4) is 66.8 Å². The van der Waals surface area contributed by atoms with Gasteiger partial charge in [0.25, 0.3) is 0 Å². The van der Waals surface area contributed by atoms with E-state index in [1.165, 1.54) is 66.8 Å². The third-order valence-corrected chi connectivity index (χ3v) is 7.30. The summed E-state index contributed by atoms with van der Waals surface area (Å²) in [5.74, 6) is 0. The van der Waals surface area contributed by atoms with E-state index in [0.717, 1.165) is 12.2 Å². The summed E-state index contributed by atoms with van der Waals surface area (Å²) >= 11 is 0. The summed E-state index contributed by atoms with van der Waals surface area (Å²) in [4.78, 5) is 16.7. The number of fused-ring (bicyclic) bond motifs is 12. The molecule has 42 heavy (non-hydrogen) atoms. The van der Waals surface area contributed by atoms with Crippen molar-refractivity contribution < 1.29 is 9.59 Å². The molecule has 0 aliphatic heterocycles. The minimum atomic E-state index is 0.750. The topological polar surface area (TPSA) is 81.8 Å². The fourth-order valence-corrected chi connectivity index (χ4v) is 5.72. The van der Waals surface area contributed by atoms with Gasteiger partial charge in [0, 0.05) is 0 Å². The lowest BCUT2D eigenvalue weighted by molar-refractivity contribution is 0.562. The Labute approximate surface area is 244 Å². The highest BCUT2D eigenvalue weighted by Gasteiger charge is 2.21. The van der Waals surface area contributed by atoms with Crippen molar-refractivity contribution in [2.75, 3.05) is 0 Å². The van der Waals surface area contributed by atoms with E-state index < -0.39 is 0 Å². The maximum absolute atomic E-state index is 8.35. The molecule has 6 aromatic carbocycles. The normalized spacial score (nSPS) is 10.1. The Balaban J connectivity index is 0.000000545. The van der Waals surface area contributed by atoms with E-state index in [0.29, 0.717) is 0 Å². The van der Waals surface area contributed by atoms with Gasteiger partial charge in [0.1, 0.15) is 0 Å². The number of rotatable bonds is 0. The standard InChI is InChI=1S/C36H24.2CHNO/c1-2-14-26-25(13-1)27-15-3-4-17-29(27)31-19-7-8-21-33(31)35-23-11-12-24-36(35)34-22-10-9-20-32(34)30-18-6-5-16-28(26)30;2*2-1-3/h1-24H;2*2H. The lowest BCUT2D eigenvalue weighted by atomic mass is 9.81. The molecule has 1 aliphatic rings. The maximum Gasteiger partial charge on any atom is 0.231 e. The van der Waals surface area contributed by atoms with Crippen molar-refractivity contribution >= 4 is 12.2 Å². The molecule has 0 spiro atoms. The SMILES string of the molecule is N=C=O.N=C=O.c1ccc2c(c1)-c1ccccc1-c1ccccc1-c1ccccc1-c1ccccc1-c1ccccc1-2. The summed E-state index contributed by atoms with van der Waals surface area (Å²) in [5, 5.41) is 10.8. The van der Waals surface area contributed by atoms with E-state index in [-0.39, 0.29) is 0 Å². The molecule has 0 heterocycles.